The first kappa shape index (κ1) is 5.41. The summed E-state index contributed by atoms with van der Waals surface area (Å²) in [5, 5.41) is 8.78. The standard InChI is InChI=1S/C4H9NOS/c6-4-2-1-3-7-5-4/h4-6H,1-3H2. The average molecular weight is 119 g/mol. The van der Waals surface area contributed by atoms with Gasteiger partial charge in [0.15, 0.2) is 0 Å². The normalized spacial score (nSPS) is 33.0. The zero-order valence-electron chi connectivity index (χ0n) is 4.05. The second-order valence-electron chi connectivity index (χ2n) is 1.62. The molecule has 0 radical (unpaired) electrons. The Hall–Kier alpha value is 0.270. The number of hydrogen-bond donors (Lipinski definition) is 2. The topological polar surface area (TPSA) is 32.3 Å². The van der Waals surface area contributed by atoms with Crippen LogP contribution in [0.3, 0.4) is 0 Å². The van der Waals surface area contributed by atoms with Gasteiger partial charge in [-0.25, -0.2) is 4.72 Å². The lowest BCUT2D eigenvalue weighted by Gasteiger charge is -2.16. The van der Waals surface area contributed by atoms with Crippen LogP contribution in [0, 0.1) is 0 Å². The maximum absolute atomic E-state index is 8.78. The molecule has 3 heteroatoms. The molecular weight excluding hydrogens is 110 g/mol. The molecule has 2 nitrogen and oxygen atoms in total. The van der Waals surface area contributed by atoms with Gasteiger partial charge in [-0.2, -0.15) is 0 Å². The van der Waals surface area contributed by atoms with Gasteiger partial charge < -0.3 is 5.11 Å². The molecule has 0 aromatic carbocycles. The highest BCUT2D eigenvalue weighted by molar-refractivity contribution is 7.97. The fraction of sp³-hybridized carbons (Fsp3) is 1.00. The highest BCUT2D eigenvalue weighted by Crippen LogP contribution is 2.09. The molecule has 0 aromatic heterocycles. The molecule has 1 atom stereocenters. The van der Waals surface area contributed by atoms with Crippen molar-refractivity contribution < 1.29 is 5.11 Å². The fourth-order valence-electron chi connectivity index (χ4n) is 0.563. The zero-order chi connectivity index (χ0) is 5.11. The maximum atomic E-state index is 8.78. The van der Waals surface area contributed by atoms with Gasteiger partial charge in [0, 0.05) is 5.75 Å². The monoisotopic (exact) mass is 119 g/mol. The first-order chi connectivity index (χ1) is 3.39. The third-order valence-corrected chi connectivity index (χ3v) is 1.87. The van der Waals surface area contributed by atoms with Gasteiger partial charge in [0.2, 0.25) is 0 Å². The average Bonchev–Trinajstić information content (AvgIpc) is 1.69. The van der Waals surface area contributed by atoms with Gasteiger partial charge in [0.25, 0.3) is 0 Å². The van der Waals surface area contributed by atoms with E-state index in [9.17, 15) is 0 Å². The van der Waals surface area contributed by atoms with Crippen LogP contribution in [0.2, 0.25) is 0 Å². The van der Waals surface area contributed by atoms with Crippen molar-refractivity contribution in [1.82, 2.24) is 4.72 Å². The van der Waals surface area contributed by atoms with E-state index >= 15 is 0 Å². The third-order valence-electron chi connectivity index (χ3n) is 0.943. The van der Waals surface area contributed by atoms with Gasteiger partial charge in [-0.3, -0.25) is 0 Å². The van der Waals surface area contributed by atoms with Crippen LogP contribution in [-0.2, 0) is 0 Å². The Morgan fingerprint density at radius 2 is 2.57 bits per heavy atom. The van der Waals surface area contributed by atoms with Gasteiger partial charge in [-0.05, 0) is 12.8 Å². The minimum atomic E-state index is -0.251. The fourth-order valence-corrected chi connectivity index (χ4v) is 1.30. The molecule has 1 aliphatic heterocycles. The molecule has 0 amide bonds. The summed E-state index contributed by atoms with van der Waals surface area (Å²) in [6, 6.07) is 0. The number of aliphatic hydroxyl groups excluding tert-OH is 1. The van der Waals surface area contributed by atoms with Crippen molar-refractivity contribution in [3.63, 3.8) is 0 Å². The van der Waals surface area contributed by atoms with Gasteiger partial charge in [0.1, 0.15) is 6.23 Å². The molecule has 1 saturated heterocycles. The molecule has 0 bridgehead atoms. The Kier molecular flexibility index (Phi) is 1.97. The summed E-state index contributed by atoms with van der Waals surface area (Å²) in [6.07, 6.45) is 1.80. The molecule has 1 unspecified atom stereocenters. The van der Waals surface area contributed by atoms with E-state index in [0.29, 0.717) is 0 Å². The molecule has 2 N–H and O–H groups in total. The summed E-state index contributed by atoms with van der Waals surface area (Å²) in [6.45, 7) is 0. The Morgan fingerprint density at radius 3 is 2.86 bits per heavy atom. The highest BCUT2D eigenvalue weighted by Gasteiger charge is 2.06. The summed E-state index contributed by atoms with van der Waals surface area (Å²) < 4.78 is 2.85. The molecule has 0 aliphatic carbocycles. The van der Waals surface area contributed by atoms with E-state index in [0.717, 1.165) is 18.6 Å². The Morgan fingerprint density at radius 1 is 1.71 bits per heavy atom. The second kappa shape index (κ2) is 2.55. The number of aliphatic hydroxyl groups is 1. The van der Waals surface area contributed by atoms with Gasteiger partial charge in [-0.1, -0.05) is 11.9 Å². The number of hydrogen-bond acceptors (Lipinski definition) is 3. The minimum Gasteiger partial charge on any atom is -0.378 e. The maximum Gasteiger partial charge on any atom is 0.113 e. The molecule has 7 heavy (non-hydrogen) atoms. The number of rotatable bonds is 0. The summed E-state index contributed by atoms with van der Waals surface area (Å²) >= 11 is 1.60. The van der Waals surface area contributed by atoms with Crippen molar-refractivity contribution in [3.05, 3.63) is 0 Å². The van der Waals surface area contributed by atoms with Gasteiger partial charge in [-0.15, -0.1) is 0 Å². The largest absolute Gasteiger partial charge is 0.378 e. The molecule has 0 aromatic rings. The molecule has 0 saturated carbocycles. The van der Waals surface area contributed by atoms with Crippen LogP contribution in [-0.4, -0.2) is 17.1 Å². The smallest absolute Gasteiger partial charge is 0.113 e. The van der Waals surface area contributed by atoms with Gasteiger partial charge in [0.05, 0.1) is 0 Å². The van der Waals surface area contributed by atoms with Crippen molar-refractivity contribution in [1.29, 1.82) is 0 Å². The summed E-state index contributed by atoms with van der Waals surface area (Å²) in [4.78, 5) is 0. The van der Waals surface area contributed by atoms with E-state index in [4.69, 9.17) is 5.11 Å². The van der Waals surface area contributed by atoms with E-state index in [1.54, 1.807) is 11.9 Å². The molecule has 1 heterocycles. The molecule has 0 spiro atoms. The van der Waals surface area contributed by atoms with Crippen molar-refractivity contribution in [2.45, 2.75) is 19.1 Å². The Balaban J connectivity index is 2.12. The van der Waals surface area contributed by atoms with Crippen LogP contribution in [0.1, 0.15) is 12.8 Å². The molecular formula is C4H9NOS. The van der Waals surface area contributed by atoms with E-state index in [-0.39, 0.29) is 6.23 Å². The molecule has 1 rings (SSSR count). The summed E-state index contributed by atoms with van der Waals surface area (Å²) in [7, 11) is 0. The van der Waals surface area contributed by atoms with Crippen LogP contribution in [0.5, 0.6) is 0 Å². The van der Waals surface area contributed by atoms with E-state index in [1.807, 2.05) is 0 Å². The summed E-state index contributed by atoms with van der Waals surface area (Å²) in [5.74, 6) is 1.14. The van der Waals surface area contributed by atoms with Crippen LogP contribution in [0.4, 0.5) is 0 Å². The third kappa shape index (κ3) is 1.67. The van der Waals surface area contributed by atoms with E-state index in [1.165, 1.54) is 0 Å². The predicted octanol–water partition coefficient (Wildman–Crippen LogP) is 0.336. The second-order valence-corrected chi connectivity index (χ2v) is 2.56. The first-order valence-electron chi connectivity index (χ1n) is 2.45. The van der Waals surface area contributed by atoms with Gasteiger partial charge >= 0.3 is 0 Å². The van der Waals surface area contributed by atoms with Crippen LogP contribution < -0.4 is 4.72 Å². The molecule has 1 aliphatic rings. The Labute approximate surface area is 47.4 Å². The predicted molar refractivity (Wildman–Crippen MR) is 30.8 cm³/mol. The van der Waals surface area contributed by atoms with Crippen molar-refractivity contribution in [2.75, 3.05) is 5.75 Å². The minimum absolute atomic E-state index is 0.251. The van der Waals surface area contributed by atoms with E-state index in [2.05, 4.69) is 4.72 Å². The lowest BCUT2D eigenvalue weighted by molar-refractivity contribution is 0.152. The lowest BCUT2D eigenvalue weighted by Crippen LogP contribution is -2.26. The first-order valence-corrected chi connectivity index (χ1v) is 3.43. The Bertz CT molecular complexity index is 53.7. The SMILES string of the molecule is OC1CCCSN1. The van der Waals surface area contributed by atoms with Crippen molar-refractivity contribution in [3.8, 4) is 0 Å². The number of nitrogens with one attached hydrogen (secondary N) is 1. The highest BCUT2D eigenvalue weighted by atomic mass is 32.2. The lowest BCUT2D eigenvalue weighted by atomic mass is 10.3. The van der Waals surface area contributed by atoms with Crippen molar-refractivity contribution in [2.24, 2.45) is 0 Å². The quantitative estimate of drug-likeness (QED) is 0.451. The van der Waals surface area contributed by atoms with E-state index < -0.39 is 0 Å². The zero-order valence-corrected chi connectivity index (χ0v) is 4.87. The summed E-state index contributed by atoms with van der Waals surface area (Å²) in [5.41, 5.74) is 0. The van der Waals surface area contributed by atoms with Crippen LogP contribution in [0.15, 0.2) is 0 Å². The van der Waals surface area contributed by atoms with Crippen molar-refractivity contribution >= 4 is 11.9 Å². The molecule has 1 fully saturated rings. The molecule has 42 valence electrons. The van der Waals surface area contributed by atoms with Crippen LogP contribution in [0.25, 0.3) is 0 Å². The van der Waals surface area contributed by atoms with Crippen LogP contribution >= 0.6 is 11.9 Å².